The summed E-state index contributed by atoms with van der Waals surface area (Å²) < 4.78 is 28.5. The number of benzene rings is 2. The zero-order valence-electron chi connectivity index (χ0n) is 17.9. The number of rotatable bonds is 11. The number of unbranched alkanes of at least 4 members (excludes halogenated alkanes) is 1. The largest absolute Gasteiger partial charge is 0.481 e. The summed E-state index contributed by atoms with van der Waals surface area (Å²) in [5.74, 6) is -0.791. The van der Waals surface area contributed by atoms with Gasteiger partial charge in [-0.05, 0) is 55.5 Å². The van der Waals surface area contributed by atoms with Gasteiger partial charge < -0.3 is 5.11 Å². The van der Waals surface area contributed by atoms with Crippen molar-refractivity contribution >= 4 is 27.6 Å². The lowest BCUT2D eigenvalue weighted by Gasteiger charge is -2.21. The third-order valence-corrected chi connectivity index (χ3v) is 7.33. The zero-order chi connectivity index (χ0) is 23.0. The second-order valence-corrected chi connectivity index (χ2v) is 10.2. The van der Waals surface area contributed by atoms with Crippen molar-refractivity contribution in [2.24, 2.45) is 0 Å². The van der Waals surface area contributed by atoms with E-state index >= 15 is 0 Å². The van der Waals surface area contributed by atoms with Crippen LogP contribution in [-0.2, 0) is 21.2 Å². The maximum absolute atomic E-state index is 12.8. The lowest BCUT2D eigenvalue weighted by atomic mass is 10.1. The quantitative estimate of drug-likeness (QED) is 0.376. The topological polar surface area (TPSA) is 86.7 Å². The number of aliphatic carboxylic acids is 1. The van der Waals surface area contributed by atoms with E-state index in [2.05, 4.69) is 27.8 Å². The van der Waals surface area contributed by atoms with Crippen LogP contribution in [0.3, 0.4) is 0 Å². The summed E-state index contributed by atoms with van der Waals surface area (Å²) in [6.45, 7) is 1.43. The van der Waals surface area contributed by atoms with E-state index in [0.717, 1.165) is 13.0 Å². The fraction of sp³-hybridized carbons (Fsp3) is 0.375. The van der Waals surface area contributed by atoms with Crippen LogP contribution in [0, 0.1) is 0 Å². The molecule has 2 aromatic carbocycles. The summed E-state index contributed by atoms with van der Waals surface area (Å²) in [4.78, 5) is 13.2. The van der Waals surface area contributed by atoms with Crippen LogP contribution in [0.5, 0.6) is 0 Å². The van der Waals surface area contributed by atoms with Crippen LogP contribution in [0.1, 0.15) is 31.2 Å². The second-order valence-electron chi connectivity index (χ2n) is 8.02. The molecule has 2 aromatic rings. The van der Waals surface area contributed by atoms with Gasteiger partial charge in [0.25, 0.3) is 0 Å². The Labute approximate surface area is 195 Å². The van der Waals surface area contributed by atoms with Gasteiger partial charge in [-0.15, -0.1) is 0 Å². The minimum absolute atomic E-state index is 0.0986. The first-order valence-corrected chi connectivity index (χ1v) is 12.6. The number of likely N-dealkylation sites (tertiary alicyclic amines) is 1. The van der Waals surface area contributed by atoms with Crippen molar-refractivity contribution in [2.45, 2.75) is 49.1 Å². The highest BCUT2D eigenvalue weighted by atomic mass is 35.5. The molecule has 172 valence electrons. The SMILES string of the molecule is O=C(O)CCC/C=C\[C@@H]1C[C@@H](NS(=O)(=O)c2ccc(Cl)cc2)CN1CCc1ccccc1. The molecule has 0 aliphatic carbocycles. The summed E-state index contributed by atoms with van der Waals surface area (Å²) in [6, 6.07) is 16.2. The van der Waals surface area contributed by atoms with E-state index in [1.54, 1.807) is 12.1 Å². The van der Waals surface area contributed by atoms with E-state index in [0.29, 0.717) is 30.8 Å². The standard InChI is InChI=1S/C24H29ClN2O4S/c25-20-11-13-23(14-12-20)32(30,31)26-21-17-22(9-5-2-6-10-24(28)29)27(18-21)16-15-19-7-3-1-4-8-19/h1,3-5,7-9,11-14,21-22,26H,2,6,10,15-18H2,(H,28,29)/b9-5-/t21-,22-/m1/s1. The fourth-order valence-electron chi connectivity index (χ4n) is 3.92. The highest BCUT2D eigenvalue weighted by Gasteiger charge is 2.33. The number of hydrogen-bond acceptors (Lipinski definition) is 4. The Balaban J connectivity index is 1.64. The summed E-state index contributed by atoms with van der Waals surface area (Å²) >= 11 is 5.88. The average molecular weight is 477 g/mol. The van der Waals surface area contributed by atoms with Gasteiger partial charge in [-0.3, -0.25) is 9.69 Å². The van der Waals surface area contributed by atoms with E-state index < -0.39 is 16.0 Å². The number of carbonyl (C=O) groups is 1. The maximum atomic E-state index is 12.8. The molecule has 0 aromatic heterocycles. The van der Waals surface area contributed by atoms with Crippen LogP contribution in [0.4, 0.5) is 0 Å². The minimum Gasteiger partial charge on any atom is -0.481 e. The molecule has 8 heteroatoms. The lowest BCUT2D eigenvalue weighted by Crippen LogP contribution is -2.37. The number of hydrogen-bond donors (Lipinski definition) is 2. The van der Waals surface area contributed by atoms with Crippen LogP contribution in [0.2, 0.25) is 5.02 Å². The Morgan fingerprint density at radius 2 is 1.88 bits per heavy atom. The first-order valence-electron chi connectivity index (χ1n) is 10.8. The van der Waals surface area contributed by atoms with Gasteiger partial charge in [0.1, 0.15) is 0 Å². The number of carboxylic acids is 1. The van der Waals surface area contributed by atoms with Crippen molar-refractivity contribution in [1.29, 1.82) is 0 Å². The molecule has 0 bridgehead atoms. The van der Waals surface area contributed by atoms with Gasteiger partial charge in [-0.1, -0.05) is 54.1 Å². The Kier molecular flexibility index (Phi) is 8.87. The number of halogens is 1. The lowest BCUT2D eigenvalue weighted by molar-refractivity contribution is -0.137. The van der Waals surface area contributed by atoms with Gasteiger partial charge >= 0.3 is 5.97 Å². The molecule has 32 heavy (non-hydrogen) atoms. The van der Waals surface area contributed by atoms with Gasteiger partial charge in [0.2, 0.25) is 10.0 Å². The highest BCUT2D eigenvalue weighted by Crippen LogP contribution is 2.23. The van der Waals surface area contributed by atoms with Crippen LogP contribution >= 0.6 is 11.6 Å². The Bertz CT molecular complexity index is 1010. The molecule has 2 atom stereocenters. The average Bonchev–Trinajstić information content (AvgIpc) is 3.13. The first kappa shape index (κ1) is 24.5. The molecule has 6 nitrogen and oxygen atoms in total. The molecule has 3 rings (SSSR count). The molecule has 0 amide bonds. The van der Waals surface area contributed by atoms with Crippen LogP contribution < -0.4 is 4.72 Å². The van der Waals surface area contributed by atoms with Crippen molar-refractivity contribution in [3.63, 3.8) is 0 Å². The molecule has 0 spiro atoms. The predicted molar refractivity (Wildman–Crippen MR) is 126 cm³/mol. The maximum Gasteiger partial charge on any atom is 0.303 e. The third-order valence-electron chi connectivity index (χ3n) is 5.55. The number of carboxylic acid groups (broad SMARTS) is 1. The molecule has 1 fully saturated rings. The number of nitrogens with zero attached hydrogens (tertiary/aromatic N) is 1. The summed E-state index contributed by atoms with van der Waals surface area (Å²) in [5.41, 5.74) is 1.24. The van der Waals surface area contributed by atoms with Gasteiger partial charge in [0.15, 0.2) is 0 Å². The van der Waals surface area contributed by atoms with Crippen molar-refractivity contribution < 1.29 is 18.3 Å². The Hall–Kier alpha value is -2.19. The Morgan fingerprint density at radius 3 is 2.56 bits per heavy atom. The van der Waals surface area contributed by atoms with Crippen molar-refractivity contribution in [2.75, 3.05) is 13.1 Å². The molecule has 1 aliphatic rings. The molecule has 0 radical (unpaired) electrons. The minimum atomic E-state index is -3.64. The van der Waals surface area contributed by atoms with Crippen molar-refractivity contribution in [3.8, 4) is 0 Å². The summed E-state index contributed by atoms with van der Waals surface area (Å²) in [5, 5.41) is 9.28. The summed E-state index contributed by atoms with van der Waals surface area (Å²) in [6.07, 6.45) is 7.07. The molecular weight excluding hydrogens is 448 g/mol. The van der Waals surface area contributed by atoms with Gasteiger partial charge in [0.05, 0.1) is 4.90 Å². The summed E-state index contributed by atoms with van der Waals surface area (Å²) in [7, 11) is -3.64. The van der Waals surface area contributed by atoms with Crippen molar-refractivity contribution in [3.05, 3.63) is 77.3 Å². The molecular formula is C24H29ClN2O4S. The third kappa shape index (κ3) is 7.45. The smallest absolute Gasteiger partial charge is 0.303 e. The van der Waals surface area contributed by atoms with Crippen LogP contribution in [0.15, 0.2) is 71.6 Å². The van der Waals surface area contributed by atoms with Gasteiger partial charge in [0, 0.05) is 36.6 Å². The number of allylic oxidation sites excluding steroid dienone is 1. The highest BCUT2D eigenvalue weighted by molar-refractivity contribution is 7.89. The van der Waals surface area contributed by atoms with E-state index in [1.807, 2.05) is 24.3 Å². The van der Waals surface area contributed by atoms with Crippen LogP contribution in [0.25, 0.3) is 0 Å². The molecule has 1 heterocycles. The van der Waals surface area contributed by atoms with Gasteiger partial charge in [-0.2, -0.15) is 0 Å². The number of sulfonamides is 1. The van der Waals surface area contributed by atoms with Gasteiger partial charge in [-0.25, -0.2) is 13.1 Å². The Morgan fingerprint density at radius 1 is 1.16 bits per heavy atom. The molecule has 1 saturated heterocycles. The normalized spacial score (nSPS) is 19.5. The van der Waals surface area contributed by atoms with E-state index in [4.69, 9.17) is 16.7 Å². The van der Waals surface area contributed by atoms with Crippen LogP contribution in [-0.4, -0.2) is 49.6 Å². The molecule has 2 N–H and O–H groups in total. The molecule has 0 unspecified atom stereocenters. The van der Waals surface area contributed by atoms with E-state index in [-0.39, 0.29) is 23.4 Å². The zero-order valence-corrected chi connectivity index (χ0v) is 19.4. The monoisotopic (exact) mass is 476 g/mol. The predicted octanol–water partition coefficient (Wildman–Crippen LogP) is 4.12. The fourth-order valence-corrected chi connectivity index (χ4v) is 5.29. The second kappa shape index (κ2) is 11.6. The number of nitrogens with one attached hydrogen (secondary N) is 1. The van der Waals surface area contributed by atoms with E-state index in [1.165, 1.54) is 17.7 Å². The molecule has 0 saturated carbocycles. The molecule has 1 aliphatic heterocycles. The van der Waals surface area contributed by atoms with E-state index in [9.17, 15) is 13.2 Å². The first-order chi connectivity index (χ1) is 15.3. The van der Waals surface area contributed by atoms with Crippen molar-refractivity contribution in [1.82, 2.24) is 9.62 Å².